The number of ether oxygens (including phenoxy) is 10. The molecule has 38 heavy (non-hydrogen) atoms. The summed E-state index contributed by atoms with van der Waals surface area (Å²) in [6.45, 7) is 18.3. The maximum atomic E-state index is 5.53. The van der Waals surface area contributed by atoms with Crippen LogP contribution < -0.4 is 0 Å². The Balaban J connectivity index is 3.03. The molecule has 0 aromatic rings. The van der Waals surface area contributed by atoms with E-state index in [0.717, 1.165) is 26.1 Å². The highest BCUT2D eigenvalue weighted by Crippen LogP contribution is 2.00. The zero-order valence-electron chi connectivity index (χ0n) is 24.6. The van der Waals surface area contributed by atoms with Crippen LogP contribution in [0.25, 0.3) is 0 Å². The molecule has 0 N–H and O–H groups in total. The molecule has 1 atom stereocenters. The van der Waals surface area contributed by atoms with Gasteiger partial charge in [-0.3, -0.25) is 0 Å². The maximum Gasteiger partial charge on any atom is 0.0701 e. The second-order valence-corrected chi connectivity index (χ2v) is 8.81. The average Bonchev–Trinajstić information content (AvgIpc) is 2.93. The Morgan fingerprint density at radius 3 is 0.868 bits per heavy atom. The average molecular weight is 555 g/mol. The molecule has 0 aromatic heterocycles. The number of hydrogen-bond acceptors (Lipinski definition) is 10. The van der Waals surface area contributed by atoms with Crippen molar-refractivity contribution in [3.63, 3.8) is 0 Å². The highest BCUT2D eigenvalue weighted by molar-refractivity contribution is 4.46. The van der Waals surface area contributed by atoms with Crippen LogP contribution in [0.15, 0.2) is 0 Å². The van der Waals surface area contributed by atoms with Crippen LogP contribution in [0.2, 0.25) is 0 Å². The summed E-state index contributed by atoms with van der Waals surface area (Å²) in [7, 11) is 0. The van der Waals surface area contributed by atoms with Crippen molar-refractivity contribution in [3.8, 4) is 0 Å². The van der Waals surface area contributed by atoms with E-state index in [4.69, 9.17) is 47.4 Å². The lowest BCUT2D eigenvalue weighted by atomic mass is 10.1. The molecule has 10 heteroatoms. The number of hydrogen-bond donors (Lipinski definition) is 0. The Morgan fingerprint density at radius 1 is 0.342 bits per heavy atom. The molecule has 0 rings (SSSR count). The molecule has 0 heterocycles. The van der Waals surface area contributed by atoms with Crippen LogP contribution in [-0.2, 0) is 47.4 Å². The van der Waals surface area contributed by atoms with Crippen LogP contribution in [0, 0.1) is 5.92 Å². The predicted molar refractivity (Wildman–Crippen MR) is 147 cm³/mol. The first kappa shape index (κ1) is 37.6. The molecule has 0 aliphatic heterocycles. The second kappa shape index (κ2) is 34.6. The molecule has 0 aromatic carbocycles. The minimum atomic E-state index is 0.533. The van der Waals surface area contributed by atoms with Gasteiger partial charge in [-0.15, -0.1) is 0 Å². The molecule has 0 amide bonds. The zero-order valence-corrected chi connectivity index (χ0v) is 24.6. The topological polar surface area (TPSA) is 92.3 Å². The molecule has 0 saturated carbocycles. The van der Waals surface area contributed by atoms with E-state index in [-0.39, 0.29) is 0 Å². The van der Waals surface area contributed by atoms with Gasteiger partial charge in [0.15, 0.2) is 0 Å². The molecule has 0 saturated heterocycles. The largest absolute Gasteiger partial charge is 0.379 e. The van der Waals surface area contributed by atoms with E-state index < -0.39 is 0 Å². The molecule has 1 unspecified atom stereocenters. The van der Waals surface area contributed by atoms with Gasteiger partial charge in [-0.05, 0) is 12.3 Å². The van der Waals surface area contributed by atoms with Crippen LogP contribution >= 0.6 is 0 Å². The second-order valence-electron chi connectivity index (χ2n) is 8.81. The summed E-state index contributed by atoms with van der Waals surface area (Å²) in [5.74, 6) is 0.603. The standard InChI is InChI=1S/C28H58O10/c1-4-6-7-8-29-9-10-30-11-12-31-13-14-32-15-16-33-17-18-34-19-20-35-21-22-36-23-24-37-25-26-38-27-28(3)5-2/h28H,4-27H2,1-3H3. The third-order valence-electron chi connectivity index (χ3n) is 5.34. The van der Waals surface area contributed by atoms with E-state index in [1.54, 1.807) is 0 Å². The van der Waals surface area contributed by atoms with Gasteiger partial charge < -0.3 is 47.4 Å². The van der Waals surface area contributed by atoms with Gasteiger partial charge in [0.25, 0.3) is 0 Å². The lowest BCUT2D eigenvalue weighted by Crippen LogP contribution is -2.15. The van der Waals surface area contributed by atoms with Gasteiger partial charge in [-0.1, -0.05) is 40.0 Å². The van der Waals surface area contributed by atoms with Gasteiger partial charge in [0.2, 0.25) is 0 Å². The first-order chi connectivity index (χ1) is 18.8. The van der Waals surface area contributed by atoms with Crippen molar-refractivity contribution in [1.82, 2.24) is 0 Å². The Bertz CT molecular complexity index is 417. The van der Waals surface area contributed by atoms with Gasteiger partial charge in [0, 0.05) is 13.2 Å². The van der Waals surface area contributed by atoms with Gasteiger partial charge in [-0.2, -0.15) is 0 Å². The highest BCUT2D eigenvalue weighted by Gasteiger charge is 1.98. The fourth-order valence-electron chi connectivity index (χ4n) is 2.84. The fourth-order valence-corrected chi connectivity index (χ4v) is 2.84. The Labute approximate surface area is 232 Å². The highest BCUT2D eigenvalue weighted by atomic mass is 16.6. The molecular weight excluding hydrogens is 496 g/mol. The smallest absolute Gasteiger partial charge is 0.0701 e. The Kier molecular flexibility index (Phi) is 34.3. The van der Waals surface area contributed by atoms with Crippen molar-refractivity contribution in [1.29, 1.82) is 0 Å². The van der Waals surface area contributed by atoms with E-state index in [0.29, 0.717) is 125 Å². The molecular formula is C28H58O10. The number of unbranched alkanes of at least 4 members (excludes halogenated alkanes) is 2. The third-order valence-corrected chi connectivity index (χ3v) is 5.34. The first-order valence-corrected chi connectivity index (χ1v) is 14.6. The quantitative estimate of drug-likeness (QED) is 0.110. The van der Waals surface area contributed by atoms with Crippen LogP contribution in [0.5, 0.6) is 0 Å². The van der Waals surface area contributed by atoms with E-state index in [9.17, 15) is 0 Å². The SMILES string of the molecule is CCCCCOCCOCCOCCOCCOCCOCCOCCOCCOCCOCC(C)CC. The summed E-state index contributed by atoms with van der Waals surface area (Å²) in [6.07, 6.45) is 4.70. The lowest BCUT2D eigenvalue weighted by Gasteiger charge is -2.10. The van der Waals surface area contributed by atoms with E-state index in [1.165, 1.54) is 12.8 Å². The summed E-state index contributed by atoms with van der Waals surface area (Å²) in [6, 6.07) is 0. The van der Waals surface area contributed by atoms with E-state index in [2.05, 4.69) is 20.8 Å². The molecule has 0 fully saturated rings. The minimum absolute atomic E-state index is 0.533. The van der Waals surface area contributed by atoms with Gasteiger partial charge in [0.05, 0.1) is 119 Å². The van der Waals surface area contributed by atoms with Gasteiger partial charge in [-0.25, -0.2) is 0 Å². The van der Waals surface area contributed by atoms with Crippen LogP contribution in [-0.4, -0.2) is 132 Å². The van der Waals surface area contributed by atoms with Gasteiger partial charge >= 0.3 is 0 Å². The summed E-state index contributed by atoms with van der Waals surface area (Å²) in [5.41, 5.74) is 0. The normalized spacial score (nSPS) is 12.4. The predicted octanol–water partition coefficient (Wildman–Crippen LogP) is 3.39. The third kappa shape index (κ3) is 33.6. The first-order valence-electron chi connectivity index (χ1n) is 14.6. The Morgan fingerprint density at radius 2 is 0.605 bits per heavy atom. The number of rotatable bonds is 34. The molecule has 0 radical (unpaired) electrons. The molecule has 0 bridgehead atoms. The molecule has 10 nitrogen and oxygen atoms in total. The van der Waals surface area contributed by atoms with Crippen molar-refractivity contribution in [2.45, 2.75) is 46.5 Å². The van der Waals surface area contributed by atoms with Crippen molar-refractivity contribution < 1.29 is 47.4 Å². The van der Waals surface area contributed by atoms with Crippen LogP contribution in [0.1, 0.15) is 46.5 Å². The summed E-state index contributed by atoms with van der Waals surface area (Å²) in [5, 5.41) is 0. The fraction of sp³-hybridized carbons (Fsp3) is 1.00. The van der Waals surface area contributed by atoms with E-state index in [1.807, 2.05) is 0 Å². The van der Waals surface area contributed by atoms with E-state index >= 15 is 0 Å². The molecule has 230 valence electrons. The zero-order chi connectivity index (χ0) is 27.6. The van der Waals surface area contributed by atoms with Crippen molar-refractivity contribution in [3.05, 3.63) is 0 Å². The molecule has 0 aliphatic carbocycles. The lowest BCUT2D eigenvalue weighted by molar-refractivity contribution is -0.0268. The minimum Gasteiger partial charge on any atom is -0.379 e. The molecule has 0 aliphatic rings. The summed E-state index contributed by atoms with van der Waals surface area (Å²) in [4.78, 5) is 0. The molecule has 0 spiro atoms. The monoisotopic (exact) mass is 554 g/mol. The maximum absolute atomic E-state index is 5.53. The summed E-state index contributed by atoms with van der Waals surface area (Å²) < 4.78 is 54.7. The summed E-state index contributed by atoms with van der Waals surface area (Å²) >= 11 is 0. The van der Waals surface area contributed by atoms with Crippen molar-refractivity contribution >= 4 is 0 Å². The van der Waals surface area contributed by atoms with Crippen LogP contribution in [0.4, 0.5) is 0 Å². The van der Waals surface area contributed by atoms with Crippen LogP contribution in [0.3, 0.4) is 0 Å². The van der Waals surface area contributed by atoms with Gasteiger partial charge in [0.1, 0.15) is 0 Å². The Hall–Kier alpha value is -0.400. The van der Waals surface area contributed by atoms with Crippen molar-refractivity contribution in [2.24, 2.45) is 5.92 Å². The van der Waals surface area contributed by atoms with Crippen molar-refractivity contribution in [2.75, 3.05) is 132 Å².